The van der Waals surface area contributed by atoms with E-state index in [1.165, 1.54) is 0 Å². The first-order valence-electron chi connectivity index (χ1n) is 8.26. The maximum atomic E-state index is 6.22. The van der Waals surface area contributed by atoms with Gasteiger partial charge < -0.3 is 19.5 Å². The fourth-order valence-electron chi connectivity index (χ4n) is 2.32. The van der Waals surface area contributed by atoms with Gasteiger partial charge in [0.1, 0.15) is 6.61 Å². The van der Waals surface area contributed by atoms with E-state index in [2.05, 4.69) is 21.2 Å². The van der Waals surface area contributed by atoms with E-state index >= 15 is 0 Å². The van der Waals surface area contributed by atoms with E-state index in [0.29, 0.717) is 47.9 Å². The highest BCUT2D eigenvalue weighted by Gasteiger charge is 2.13. The number of halogens is 4. The maximum Gasteiger partial charge on any atom is 0.175 e. The van der Waals surface area contributed by atoms with Crippen LogP contribution in [0.2, 0.25) is 10.0 Å². The van der Waals surface area contributed by atoms with Gasteiger partial charge in [0.25, 0.3) is 0 Å². The van der Waals surface area contributed by atoms with Gasteiger partial charge in [-0.2, -0.15) is 0 Å². The molecule has 0 amide bonds. The van der Waals surface area contributed by atoms with E-state index in [1.54, 1.807) is 19.2 Å². The summed E-state index contributed by atoms with van der Waals surface area (Å²) in [7, 11) is 1.69. The van der Waals surface area contributed by atoms with Crippen LogP contribution in [0.15, 0.2) is 34.8 Å². The van der Waals surface area contributed by atoms with E-state index in [9.17, 15) is 0 Å². The lowest BCUT2D eigenvalue weighted by Crippen LogP contribution is -2.18. The van der Waals surface area contributed by atoms with Crippen molar-refractivity contribution in [2.24, 2.45) is 0 Å². The van der Waals surface area contributed by atoms with Gasteiger partial charge in [0.15, 0.2) is 11.5 Å². The van der Waals surface area contributed by atoms with Gasteiger partial charge in [-0.1, -0.05) is 29.3 Å². The van der Waals surface area contributed by atoms with Crippen LogP contribution in [0.5, 0.6) is 11.5 Å². The summed E-state index contributed by atoms with van der Waals surface area (Å²) < 4.78 is 17.6. The van der Waals surface area contributed by atoms with E-state index < -0.39 is 0 Å². The standard InChI is InChI=1S/C19H22BrCl2NO3.ClH/c1-3-25-18-9-13(11-23-6-7-24-2)8-16(20)19(18)26-12-14-4-5-15(21)10-17(14)22;/h4-5,8-10,23H,3,6-7,11-12H2,1-2H3;1H. The average molecular weight is 500 g/mol. The molecule has 150 valence electrons. The minimum atomic E-state index is 0. The molecule has 0 atom stereocenters. The number of hydrogen-bond donors (Lipinski definition) is 1. The highest BCUT2D eigenvalue weighted by molar-refractivity contribution is 9.10. The van der Waals surface area contributed by atoms with Crippen molar-refractivity contribution in [1.29, 1.82) is 0 Å². The van der Waals surface area contributed by atoms with Crippen LogP contribution >= 0.6 is 51.5 Å². The van der Waals surface area contributed by atoms with Crippen LogP contribution in [0.1, 0.15) is 18.1 Å². The Labute approximate surface area is 185 Å². The molecule has 0 aliphatic carbocycles. The monoisotopic (exact) mass is 497 g/mol. The number of benzene rings is 2. The molecule has 0 heterocycles. The first-order valence-corrected chi connectivity index (χ1v) is 9.81. The fraction of sp³-hybridized carbons (Fsp3) is 0.368. The Balaban J connectivity index is 0.00000364. The van der Waals surface area contributed by atoms with Crippen LogP contribution in [0, 0.1) is 0 Å². The zero-order valence-corrected chi connectivity index (χ0v) is 19.1. The molecule has 0 aliphatic rings. The minimum absolute atomic E-state index is 0. The summed E-state index contributed by atoms with van der Waals surface area (Å²) in [6.45, 7) is 4.97. The van der Waals surface area contributed by atoms with E-state index in [0.717, 1.165) is 22.1 Å². The van der Waals surface area contributed by atoms with Crippen LogP contribution in [-0.2, 0) is 17.9 Å². The van der Waals surface area contributed by atoms with Gasteiger partial charge in [0.05, 0.1) is 17.7 Å². The molecule has 2 aromatic rings. The SMILES string of the molecule is CCOc1cc(CNCCOC)cc(Br)c1OCc1ccc(Cl)cc1Cl.Cl. The molecule has 1 N–H and O–H groups in total. The number of methoxy groups -OCH3 is 1. The lowest BCUT2D eigenvalue weighted by atomic mass is 10.2. The normalized spacial score (nSPS) is 10.4. The van der Waals surface area contributed by atoms with Gasteiger partial charge in [-0.3, -0.25) is 0 Å². The van der Waals surface area contributed by atoms with Gasteiger partial charge >= 0.3 is 0 Å². The highest BCUT2D eigenvalue weighted by Crippen LogP contribution is 2.38. The van der Waals surface area contributed by atoms with Crippen molar-refractivity contribution in [3.8, 4) is 11.5 Å². The van der Waals surface area contributed by atoms with Crippen molar-refractivity contribution in [2.75, 3.05) is 26.9 Å². The Hall–Kier alpha value is -0.690. The summed E-state index contributed by atoms with van der Waals surface area (Å²) in [5.74, 6) is 1.34. The van der Waals surface area contributed by atoms with Gasteiger partial charge in [0.2, 0.25) is 0 Å². The van der Waals surface area contributed by atoms with Crippen molar-refractivity contribution in [2.45, 2.75) is 20.1 Å². The Bertz CT molecular complexity index is 732. The number of rotatable bonds is 10. The molecule has 0 saturated carbocycles. The summed E-state index contributed by atoms with van der Waals surface area (Å²) in [6.07, 6.45) is 0. The van der Waals surface area contributed by atoms with Crippen LogP contribution in [0.3, 0.4) is 0 Å². The summed E-state index contributed by atoms with van der Waals surface area (Å²) in [5.41, 5.74) is 1.95. The molecule has 0 spiro atoms. The molecule has 8 heteroatoms. The zero-order valence-electron chi connectivity index (χ0n) is 15.2. The highest BCUT2D eigenvalue weighted by atomic mass is 79.9. The second kappa shape index (κ2) is 12.7. The maximum absolute atomic E-state index is 6.22. The smallest absolute Gasteiger partial charge is 0.175 e. The molecule has 0 unspecified atom stereocenters. The van der Waals surface area contributed by atoms with Crippen molar-refractivity contribution in [3.05, 3.63) is 56.0 Å². The van der Waals surface area contributed by atoms with Gasteiger partial charge in [0, 0.05) is 35.8 Å². The van der Waals surface area contributed by atoms with Crippen LogP contribution in [-0.4, -0.2) is 26.9 Å². The topological polar surface area (TPSA) is 39.7 Å². The third-order valence-corrected chi connectivity index (χ3v) is 4.74. The molecular formula is C19H23BrCl3NO3. The number of hydrogen-bond acceptors (Lipinski definition) is 4. The van der Waals surface area contributed by atoms with Crippen LogP contribution in [0.4, 0.5) is 0 Å². The van der Waals surface area contributed by atoms with Gasteiger partial charge in [-0.05, 0) is 52.7 Å². The molecule has 2 rings (SSSR count). The Morgan fingerprint density at radius 2 is 1.89 bits per heavy atom. The summed E-state index contributed by atoms with van der Waals surface area (Å²) in [5, 5.41) is 4.49. The summed E-state index contributed by atoms with van der Waals surface area (Å²) >= 11 is 15.7. The van der Waals surface area contributed by atoms with Crippen molar-refractivity contribution < 1.29 is 14.2 Å². The molecule has 0 aliphatic heterocycles. The first kappa shape index (κ1) is 24.3. The average Bonchev–Trinajstić information content (AvgIpc) is 2.60. The second-order valence-corrected chi connectivity index (χ2v) is 7.23. The lowest BCUT2D eigenvalue weighted by Gasteiger charge is -2.16. The zero-order chi connectivity index (χ0) is 18.9. The van der Waals surface area contributed by atoms with Gasteiger partial charge in [-0.25, -0.2) is 0 Å². The molecule has 0 aromatic heterocycles. The van der Waals surface area contributed by atoms with Crippen molar-refractivity contribution in [3.63, 3.8) is 0 Å². The van der Waals surface area contributed by atoms with Crippen LogP contribution < -0.4 is 14.8 Å². The molecule has 4 nitrogen and oxygen atoms in total. The number of nitrogens with one attached hydrogen (secondary N) is 1. The Morgan fingerprint density at radius 1 is 1.11 bits per heavy atom. The molecular weight excluding hydrogens is 476 g/mol. The molecule has 0 saturated heterocycles. The molecule has 27 heavy (non-hydrogen) atoms. The van der Waals surface area contributed by atoms with E-state index in [-0.39, 0.29) is 12.4 Å². The second-order valence-electron chi connectivity index (χ2n) is 5.53. The Kier molecular flexibility index (Phi) is 11.5. The number of ether oxygens (including phenoxy) is 3. The summed E-state index contributed by atoms with van der Waals surface area (Å²) in [6, 6.07) is 9.34. The predicted octanol–water partition coefficient (Wildman–Crippen LogP) is 5.89. The third kappa shape index (κ3) is 7.68. The fourth-order valence-corrected chi connectivity index (χ4v) is 3.39. The van der Waals surface area contributed by atoms with Crippen LogP contribution in [0.25, 0.3) is 0 Å². The first-order chi connectivity index (χ1) is 12.5. The summed E-state index contributed by atoms with van der Waals surface area (Å²) in [4.78, 5) is 0. The Morgan fingerprint density at radius 3 is 2.56 bits per heavy atom. The van der Waals surface area contributed by atoms with Crippen molar-refractivity contribution in [1.82, 2.24) is 5.32 Å². The van der Waals surface area contributed by atoms with E-state index in [1.807, 2.05) is 25.1 Å². The lowest BCUT2D eigenvalue weighted by molar-refractivity contribution is 0.199. The van der Waals surface area contributed by atoms with Crippen molar-refractivity contribution >= 4 is 51.5 Å². The van der Waals surface area contributed by atoms with Gasteiger partial charge in [-0.15, -0.1) is 12.4 Å². The molecule has 2 aromatic carbocycles. The minimum Gasteiger partial charge on any atom is -0.490 e. The van der Waals surface area contributed by atoms with E-state index in [4.69, 9.17) is 37.4 Å². The quantitative estimate of drug-likeness (QED) is 0.414. The largest absolute Gasteiger partial charge is 0.490 e. The third-order valence-electron chi connectivity index (χ3n) is 3.57. The predicted molar refractivity (Wildman–Crippen MR) is 117 cm³/mol. The molecule has 0 fully saturated rings. The molecule has 0 bridgehead atoms. The molecule has 0 radical (unpaired) electrons.